The maximum absolute atomic E-state index is 17.0. The molecule has 0 aromatic rings. The first-order valence-electron chi connectivity index (χ1n) is 10.7. The molecule has 0 aliphatic heterocycles. The number of hydrogen-bond donors (Lipinski definition) is 3. The molecule has 0 spiro atoms. The zero-order chi connectivity index (χ0) is 20.7. The van der Waals surface area contributed by atoms with Crippen LogP contribution in [0.4, 0.5) is 4.39 Å². The van der Waals surface area contributed by atoms with Gasteiger partial charge in [-0.2, -0.15) is 0 Å². The molecule has 0 aromatic heterocycles. The van der Waals surface area contributed by atoms with Crippen molar-refractivity contribution in [3.63, 3.8) is 0 Å². The van der Waals surface area contributed by atoms with E-state index in [1.165, 1.54) is 0 Å². The van der Waals surface area contributed by atoms with Gasteiger partial charge in [0.15, 0.2) is 5.78 Å². The summed E-state index contributed by atoms with van der Waals surface area (Å²) in [4.78, 5) is 24.6. The molecule has 0 saturated heterocycles. The highest BCUT2D eigenvalue weighted by atomic mass is 19.1. The lowest BCUT2D eigenvalue weighted by molar-refractivity contribution is -0.254. The Labute approximate surface area is 165 Å². The predicted octanol–water partition coefficient (Wildman–Crippen LogP) is 2.20. The maximum Gasteiger partial charge on any atom is 0.190 e. The minimum atomic E-state index is -1.83. The van der Waals surface area contributed by atoms with Crippen molar-refractivity contribution in [1.29, 1.82) is 0 Å². The van der Waals surface area contributed by atoms with Gasteiger partial charge in [0.1, 0.15) is 23.7 Å². The zero-order valence-corrected chi connectivity index (χ0v) is 17.1. The van der Waals surface area contributed by atoms with Gasteiger partial charge >= 0.3 is 0 Å². The Kier molecular flexibility index (Phi) is 4.44. The van der Waals surface area contributed by atoms with Crippen molar-refractivity contribution in [3.8, 4) is 0 Å². The average molecular weight is 396 g/mol. The second-order valence-corrected chi connectivity index (χ2v) is 10.5. The fourth-order valence-corrected chi connectivity index (χ4v) is 8.10. The summed E-state index contributed by atoms with van der Waals surface area (Å²) in [5.41, 5.74) is -5.32. The van der Waals surface area contributed by atoms with E-state index in [4.69, 9.17) is 0 Å². The van der Waals surface area contributed by atoms with Crippen LogP contribution in [0.15, 0.2) is 0 Å². The highest BCUT2D eigenvalue weighted by Gasteiger charge is 2.76. The minimum Gasteiger partial charge on any atom is -0.390 e. The fraction of sp³-hybridized carbons (Fsp3) is 0.909. The van der Waals surface area contributed by atoms with Crippen molar-refractivity contribution in [3.05, 3.63) is 0 Å². The summed E-state index contributed by atoms with van der Waals surface area (Å²) in [5, 5.41) is 32.1. The standard InChI is InChI=1S/C22H33FO5/c1-12-8-16-15-5-4-13-9-14(25)6-7-19(13,2)21(15,23)17(26)10-20(16,3)22(12,28)18(27)11-24/h12-13,15-17,24,26,28H,4-11H2,1-3H3/t12-,13-,15+,16+,17+,19-,20-,21+,22+/m0/s1. The van der Waals surface area contributed by atoms with Crippen LogP contribution < -0.4 is 0 Å². The van der Waals surface area contributed by atoms with Crippen LogP contribution in [0.2, 0.25) is 0 Å². The number of hydrogen-bond acceptors (Lipinski definition) is 5. The molecular formula is C22H33FO5. The van der Waals surface area contributed by atoms with Gasteiger partial charge < -0.3 is 15.3 Å². The molecule has 9 atom stereocenters. The van der Waals surface area contributed by atoms with E-state index in [1.807, 2.05) is 6.92 Å². The largest absolute Gasteiger partial charge is 0.390 e. The Morgan fingerprint density at radius 2 is 1.89 bits per heavy atom. The molecule has 0 bridgehead atoms. The SMILES string of the molecule is C[C@H]1C[C@@H]2[C@H]3CC[C@H]4CC(=O)CC[C@]4(C)[C@]3(F)[C@H](O)C[C@]2(C)[C@]1(O)C(=O)CO. The number of aliphatic hydroxyl groups excluding tert-OH is 2. The smallest absolute Gasteiger partial charge is 0.190 e. The van der Waals surface area contributed by atoms with Gasteiger partial charge in [-0.15, -0.1) is 0 Å². The summed E-state index contributed by atoms with van der Waals surface area (Å²) in [6.07, 6.45) is 1.66. The summed E-state index contributed by atoms with van der Waals surface area (Å²) in [6.45, 7) is 4.71. The molecule has 0 aromatic carbocycles. The van der Waals surface area contributed by atoms with E-state index in [0.717, 1.165) is 6.42 Å². The predicted molar refractivity (Wildman–Crippen MR) is 100 cm³/mol. The highest BCUT2D eigenvalue weighted by molar-refractivity contribution is 5.90. The summed E-state index contributed by atoms with van der Waals surface area (Å²) >= 11 is 0. The minimum absolute atomic E-state index is 0.00645. The molecule has 6 heteroatoms. The lowest BCUT2D eigenvalue weighted by Gasteiger charge is -2.65. The Morgan fingerprint density at radius 3 is 2.54 bits per heavy atom. The number of halogens is 1. The third kappa shape index (κ3) is 2.12. The Bertz CT molecular complexity index is 711. The molecule has 5 nitrogen and oxygen atoms in total. The van der Waals surface area contributed by atoms with Crippen molar-refractivity contribution < 1.29 is 29.3 Å². The number of carbonyl (C=O) groups excluding carboxylic acids is 2. The molecule has 158 valence electrons. The van der Waals surface area contributed by atoms with Gasteiger partial charge in [-0.3, -0.25) is 9.59 Å². The number of fused-ring (bicyclic) bond motifs is 5. The second-order valence-electron chi connectivity index (χ2n) is 10.5. The van der Waals surface area contributed by atoms with Gasteiger partial charge in [0.2, 0.25) is 0 Å². The number of rotatable bonds is 2. The fourth-order valence-electron chi connectivity index (χ4n) is 8.10. The highest BCUT2D eigenvalue weighted by Crippen LogP contribution is 2.71. The third-order valence-corrected chi connectivity index (χ3v) is 9.71. The van der Waals surface area contributed by atoms with Gasteiger partial charge in [0.05, 0.1) is 6.10 Å². The molecular weight excluding hydrogens is 363 g/mol. The maximum atomic E-state index is 17.0. The van der Waals surface area contributed by atoms with E-state index in [1.54, 1.807) is 13.8 Å². The number of alkyl halides is 1. The topological polar surface area (TPSA) is 94.8 Å². The normalized spacial score (nSPS) is 56.0. The molecule has 4 rings (SSSR count). The number of Topliss-reactive ketones (excluding diaryl/α,β-unsaturated/α-hetero) is 2. The van der Waals surface area contributed by atoms with E-state index in [-0.39, 0.29) is 24.0 Å². The molecule has 3 N–H and O–H groups in total. The molecule has 4 aliphatic rings. The van der Waals surface area contributed by atoms with Crippen molar-refractivity contribution in [2.24, 2.45) is 34.5 Å². The first-order valence-corrected chi connectivity index (χ1v) is 10.7. The second kappa shape index (κ2) is 6.08. The molecule has 0 radical (unpaired) electrons. The monoisotopic (exact) mass is 396 g/mol. The summed E-state index contributed by atoms with van der Waals surface area (Å²) < 4.78 is 17.0. The molecule has 0 unspecified atom stereocenters. The lowest BCUT2D eigenvalue weighted by Crippen LogP contribution is -2.71. The van der Waals surface area contributed by atoms with Crippen LogP contribution in [0.3, 0.4) is 0 Å². The van der Waals surface area contributed by atoms with Gasteiger partial charge in [-0.05, 0) is 55.8 Å². The molecule has 0 amide bonds. The van der Waals surface area contributed by atoms with E-state index in [9.17, 15) is 24.9 Å². The van der Waals surface area contributed by atoms with E-state index in [2.05, 4.69) is 0 Å². The van der Waals surface area contributed by atoms with E-state index >= 15 is 4.39 Å². The number of aliphatic hydroxyl groups is 3. The van der Waals surface area contributed by atoms with Crippen LogP contribution in [0, 0.1) is 34.5 Å². The molecule has 4 aliphatic carbocycles. The quantitative estimate of drug-likeness (QED) is 0.665. The Balaban J connectivity index is 1.79. The molecule has 28 heavy (non-hydrogen) atoms. The molecule has 4 fully saturated rings. The van der Waals surface area contributed by atoms with Gasteiger partial charge in [0.25, 0.3) is 0 Å². The van der Waals surface area contributed by atoms with Gasteiger partial charge in [-0.25, -0.2) is 4.39 Å². The Morgan fingerprint density at radius 1 is 1.21 bits per heavy atom. The van der Waals surface area contributed by atoms with Crippen molar-refractivity contribution in [2.45, 2.75) is 83.1 Å². The van der Waals surface area contributed by atoms with Gasteiger partial charge in [0, 0.05) is 23.7 Å². The summed E-state index contributed by atoms with van der Waals surface area (Å²) in [6, 6.07) is 0. The van der Waals surface area contributed by atoms with E-state index in [0.29, 0.717) is 32.1 Å². The first-order chi connectivity index (χ1) is 13.0. The summed E-state index contributed by atoms with van der Waals surface area (Å²) in [5.74, 6) is -1.63. The van der Waals surface area contributed by atoms with Crippen LogP contribution in [0.25, 0.3) is 0 Å². The summed E-state index contributed by atoms with van der Waals surface area (Å²) in [7, 11) is 0. The third-order valence-electron chi connectivity index (χ3n) is 9.71. The number of carbonyl (C=O) groups is 2. The first kappa shape index (κ1) is 20.4. The van der Waals surface area contributed by atoms with E-state index < -0.39 is 52.4 Å². The zero-order valence-electron chi connectivity index (χ0n) is 17.1. The van der Waals surface area contributed by atoms with Crippen LogP contribution in [0.1, 0.15) is 65.7 Å². The van der Waals surface area contributed by atoms with Crippen LogP contribution in [-0.2, 0) is 9.59 Å². The lowest BCUT2D eigenvalue weighted by atomic mass is 9.42. The number of ketones is 2. The average Bonchev–Trinajstić information content (AvgIpc) is 2.84. The molecule has 0 heterocycles. The Hall–Kier alpha value is -0.850. The van der Waals surface area contributed by atoms with Crippen LogP contribution >= 0.6 is 0 Å². The van der Waals surface area contributed by atoms with Crippen LogP contribution in [0.5, 0.6) is 0 Å². The van der Waals surface area contributed by atoms with Crippen molar-refractivity contribution in [1.82, 2.24) is 0 Å². The van der Waals surface area contributed by atoms with Gasteiger partial charge in [-0.1, -0.05) is 20.8 Å². The van der Waals surface area contributed by atoms with Crippen molar-refractivity contribution in [2.75, 3.05) is 6.61 Å². The van der Waals surface area contributed by atoms with Crippen molar-refractivity contribution >= 4 is 11.6 Å². The molecule has 4 saturated carbocycles. The van der Waals surface area contributed by atoms with Crippen LogP contribution in [-0.4, -0.2) is 50.9 Å².